The maximum absolute atomic E-state index is 13.0. The molecule has 1 N–H and O–H groups in total. The van der Waals surface area contributed by atoms with Crippen molar-refractivity contribution in [3.8, 4) is 0 Å². The molecule has 2 aromatic rings. The third kappa shape index (κ3) is 5.65. The fourth-order valence-electron chi connectivity index (χ4n) is 2.62. The minimum absolute atomic E-state index is 0.241. The van der Waals surface area contributed by atoms with Gasteiger partial charge in [0.25, 0.3) is 0 Å². The van der Waals surface area contributed by atoms with Gasteiger partial charge in [-0.05, 0) is 60.4 Å². The Morgan fingerprint density at radius 3 is 2.77 bits per heavy atom. The van der Waals surface area contributed by atoms with Crippen LogP contribution in [0.25, 0.3) is 6.08 Å². The van der Waals surface area contributed by atoms with Crippen LogP contribution in [0.5, 0.6) is 0 Å². The van der Waals surface area contributed by atoms with Crippen LogP contribution in [0.2, 0.25) is 0 Å². The minimum Gasteiger partial charge on any atom is -0.358 e. The number of hydrogen-bond donors (Lipinski definition) is 1. The Morgan fingerprint density at radius 1 is 1.19 bits per heavy atom. The molecule has 1 heterocycles. The van der Waals surface area contributed by atoms with Crippen molar-refractivity contribution < 1.29 is 19.2 Å². The molecule has 1 fully saturated rings. The van der Waals surface area contributed by atoms with E-state index in [1.165, 1.54) is 12.1 Å². The lowest BCUT2D eigenvalue weighted by molar-refractivity contribution is -0.402. The average molecular weight is 375 g/mol. The molecule has 138 valence electrons. The largest absolute Gasteiger partial charge is 0.358 e. The summed E-state index contributed by atoms with van der Waals surface area (Å²) in [5, 5.41) is 10.7. The molecule has 4 nitrogen and oxygen atoms in total. The van der Waals surface area contributed by atoms with Gasteiger partial charge in [-0.25, -0.2) is 4.39 Å². The van der Waals surface area contributed by atoms with E-state index in [4.69, 9.17) is 9.57 Å². The molecular formula is C20H22FNO3S. The van der Waals surface area contributed by atoms with Crippen molar-refractivity contribution in [1.82, 2.24) is 5.23 Å². The highest BCUT2D eigenvalue weighted by atomic mass is 32.2. The van der Waals surface area contributed by atoms with E-state index < -0.39 is 6.23 Å². The zero-order valence-corrected chi connectivity index (χ0v) is 15.2. The van der Waals surface area contributed by atoms with E-state index in [1.807, 2.05) is 36.4 Å². The van der Waals surface area contributed by atoms with Gasteiger partial charge in [0.1, 0.15) is 5.82 Å². The Kier molecular flexibility index (Phi) is 7.22. The second-order valence-electron chi connectivity index (χ2n) is 5.92. The first-order valence-electron chi connectivity index (χ1n) is 8.64. The Hall–Kier alpha value is -1.70. The maximum Gasteiger partial charge on any atom is 0.160 e. The van der Waals surface area contributed by atoms with Crippen LogP contribution in [-0.4, -0.2) is 29.9 Å². The van der Waals surface area contributed by atoms with Gasteiger partial charge in [-0.15, -0.1) is 0 Å². The quantitative estimate of drug-likeness (QED) is 0.679. The molecule has 0 saturated carbocycles. The van der Waals surface area contributed by atoms with Crippen molar-refractivity contribution in [3.63, 3.8) is 0 Å². The third-order valence-electron chi connectivity index (χ3n) is 3.96. The molecule has 1 saturated heterocycles. The van der Waals surface area contributed by atoms with E-state index in [-0.39, 0.29) is 12.4 Å². The summed E-state index contributed by atoms with van der Waals surface area (Å²) in [6.45, 7) is 0.890. The van der Waals surface area contributed by atoms with Crippen LogP contribution in [0, 0.1) is 5.82 Å². The first-order chi connectivity index (χ1) is 12.7. The topological polar surface area (TPSA) is 41.9 Å². The van der Waals surface area contributed by atoms with Crippen molar-refractivity contribution in [2.24, 2.45) is 0 Å². The highest BCUT2D eigenvalue weighted by Crippen LogP contribution is 2.31. The predicted octanol–water partition coefficient (Wildman–Crippen LogP) is 5.14. The van der Waals surface area contributed by atoms with Crippen LogP contribution < -0.4 is 0 Å². The van der Waals surface area contributed by atoms with E-state index in [0.717, 1.165) is 39.8 Å². The molecule has 0 bridgehead atoms. The van der Waals surface area contributed by atoms with Gasteiger partial charge in [-0.1, -0.05) is 42.1 Å². The van der Waals surface area contributed by atoms with Crippen LogP contribution in [0.1, 0.15) is 24.8 Å². The summed E-state index contributed by atoms with van der Waals surface area (Å²) < 4.78 is 18.5. The molecule has 0 radical (unpaired) electrons. The SMILES string of the molecule is ON(OCC=Cc1ccccc1Sc1ccc(F)cc1)C1CCCCO1. The Balaban J connectivity index is 1.55. The molecule has 0 amide bonds. The second-order valence-corrected chi connectivity index (χ2v) is 7.03. The second kappa shape index (κ2) is 9.85. The number of ether oxygens (including phenoxy) is 1. The first-order valence-corrected chi connectivity index (χ1v) is 9.45. The van der Waals surface area contributed by atoms with E-state index in [2.05, 4.69) is 0 Å². The van der Waals surface area contributed by atoms with Gasteiger partial charge in [-0.2, -0.15) is 0 Å². The zero-order valence-electron chi connectivity index (χ0n) is 14.4. The minimum atomic E-state index is -0.390. The number of halogens is 1. The summed E-state index contributed by atoms with van der Waals surface area (Å²) in [5.74, 6) is -0.241. The summed E-state index contributed by atoms with van der Waals surface area (Å²) in [7, 11) is 0. The van der Waals surface area contributed by atoms with Crippen molar-refractivity contribution in [3.05, 3.63) is 66.0 Å². The van der Waals surface area contributed by atoms with E-state index in [1.54, 1.807) is 23.9 Å². The van der Waals surface area contributed by atoms with Gasteiger partial charge in [0.2, 0.25) is 0 Å². The van der Waals surface area contributed by atoms with Crippen LogP contribution in [0.15, 0.2) is 64.4 Å². The van der Waals surface area contributed by atoms with Crippen molar-refractivity contribution >= 4 is 17.8 Å². The molecule has 1 atom stereocenters. The molecule has 0 aromatic heterocycles. The lowest BCUT2D eigenvalue weighted by Crippen LogP contribution is -2.37. The molecule has 3 rings (SSSR count). The van der Waals surface area contributed by atoms with Gasteiger partial charge in [-0.3, -0.25) is 10.0 Å². The molecular weight excluding hydrogens is 353 g/mol. The zero-order chi connectivity index (χ0) is 18.2. The van der Waals surface area contributed by atoms with Crippen molar-refractivity contribution in [2.45, 2.75) is 35.3 Å². The Morgan fingerprint density at radius 2 is 2.00 bits per heavy atom. The smallest absolute Gasteiger partial charge is 0.160 e. The molecule has 1 aliphatic rings. The average Bonchev–Trinajstić information content (AvgIpc) is 2.68. The standard InChI is InChI=1S/C20H22FNO3S/c21-17-10-12-18(13-11-17)26-19-8-2-1-6-16(19)7-5-15-25-22(23)20-9-3-4-14-24-20/h1-2,5-8,10-13,20,23H,3-4,9,14-15H2. The van der Waals surface area contributed by atoms with Gasteiger partial charge in [0.05, 0.1) is 6.61 Å². The summed E-state index contributed by atoms with van der Waals surface area (Å²) >= 11 is 1.57. The van der Waals surface area contributed by atoms with Gasteiger partial charge >= 0.3 is 0 Å². The lowest BCUT2D eigenvalue weighted by Gasteiger charge is -2.27. The number of hydroxylamine groups is 2. The summed E-state index contributed by atoms with van der Waals surface area (Å²) in [6, 6.07) is 14.4. The van der Waals surface area contributed by atoms with Crippen LogP contribution in [0.3, 0.4) is 0 Å². The fourth-order valence-corrected chi connectivity index (χ4v) is 3.54. The maximum atomic E-state index is 13.0. The predicted molar refractivity (Wildman–Crippen MR) is 99.2 cm³/mol. The summed E-state index contributed by atoms with van der Waals surface area (Å²) in [4.78, 5) is 7.34. The summed E-state index contributed by atoms with van der Waals surface area (Å²) in [6.07, 6.45) is 6.20. The number of benzene rings is 2. The van der Waals surface area contributed by atoms with Gasteiger partial charge < -0.3 is 4.74 Å². The van der Waals surface area contributed by atoms with Crippen LogP contribution in [-0.2, 0) is 9.57 Å². The third-order valence-corrected chi connectivity index (χ3v) is 5.06. The molecule has 2 aromatic carbocycles. The molecule has 0 aliphatic carbocycles. The van der Waals surface area contributed by atoms with Crippen LogP contribution >= 0.6 is 11.8 Å². The normalized spacial score (nSPS) is 17.9. The Bertz CT molecular complexity index is 717. The lowest BCUT2D eigenvalue weighted by atomic mass is 10.2. The number of rotatable bonds is 7. The first kappa shape index (κ1) is 19.1. The van der Waals surface area contributed by atoms with Crippen molar-refractivity contribution in [1.29, 1.82) is 0 Å². The molecule has 6 heteroatoms. The van der Waals surface area contributed by atoms with Crippen LogP contribution in [0.4, 0.5) is 4.39 Å². The molecule has 1 aliphatic heterocycles. The van der Waals surface area contributed by atoms with Gasteiger partial charge in [0, 0.05) is 16.4 Å². The molecule has 0 spiro atoms. The van der Waals surface area contributed by atoms with E-state index >= 15 is 0 Å². The highest BCUT2D eigenvalue weighted by molar-refractivity contribution is 7.99. The molecule has 26 heavy (non-hydrogen) atoms. The highest BCUT2D eigenvalue weighted by Gasteiger charge is 2.20. The monoisotopic (exact) mass is 375 g/mol. The molecule has 1 unspecified atom stereocenters. The fraction of sp³-hybridized carbons (Fsp3) is 0.300. The van der Waals surface area contributed by atoms with E-state index in [9.17, 15) is 9.60 Å². The summed E-state index contributed by atoms with van der Waals surface area (Å²) in [5.41, 5.74) is 1.03. The number of hydrogen-bond acceptors (Lipinski definition) is 5. The van der Waals surface area contributed by atoms with Crippen molar-refractivity contribution in [2.75, 3.05) is 13.2 Å². The van der Waals surface area contributed by atoms with E-state index in [0.29, 0.717) is 6.61 Å². The van der Waals surface area contributed by atoms with Gasteiger partial charge in [0.15, 0.2) is 6.23 Å². The Labute approximate surface area is 157 Å². The number of nitrogens with zero attached hydrogens (tertiary/aromatic N) is 1.